The third-order valence-corrected chi connectivity index (χ3v) is 3.68. The van der Waals surface area contributed by atoms with Crippen molar-refractivity contribution in [3.63, 3.8) is 0 Å². The molecule has 3 rings (SSSR count). The third-order valence-electron chi connectivity index (χ3n) is 3.68. The van der Waals surface area contributed by atoms with Crippen LogP contribution in [0.25, 0.3) is 10.9 Å². The molecule has 3 aromatic rings. The van der Waals surface area contributed by atoms with Crippen LogP contribution in [0.2, 0.25) is 0 Å². The lowest BCUT2D eigenvalue weighted by Gasteiger charge is -2.12. The maximum Gasteiger partial charge on any atom is 0.360 e. The topological polar surface area (TPSA) is 78.4 Å². The summed E-state index contributed by atoms with van der Waals surface area (Å²) in [5, 5.41) is 0.585. The van der Waals surface area contributed by atoms with Crippen molar-refractivity contribution < 1.29 is 19.1 Å². The molecule has 134 valence electrons. The zero-order valence-corrected chi connectivity index (χ0v) is 14.9. The van der Waals surface area contributed by atoms with E-state index in [2.05, 4.69) is 21.8 Å². The van der Waals surface area contributed by atoms with Crippen LogP contribution in [0.1, 0.15) is 39.9 Å². The average Bonchev–Trinajstić information content (AvgIpc) is 2.73. The molecule has 0 spiro atoms. The Kier molecular flexibility index (Phi) is 5.43. The van der Waals surface area contributed by atoms with Crippen molar-refractivity contribution in [3.05, 3.63) is 65.6 Å². The first-order valence-electron chi connectivity index (χ1n) is 8.28. The quantitative estimate of drug-likeness (QED) is 0.526. The number of ether oxygens (including phenoxy) is 2. The zero-order valence-electron chi connectivity index (χ0n) is 14.9. The number of pyridine rings is 2. The van der Waals surface area contributed by atoms with Gasteiger partial charge in [0.25, 0.3) is 0 Å². The molecule has 0 saturated carbocycles. The number of hydrogen-bond acceptors (Lipinski definition) is 6. The molecule has 0 unspecified atom stereocenters. The third kappa shape index (κ3) is 3.77. The van der Waals surface area contributed by atoms with Crippen molar-refractivity contribution >= 4 is 22.8 Å². The van der Waals surface area contributed by atoms with E-state index in [-0.39, 0.29) is 11.4 Å². The molecule has 0 fully saturated rings. The first-order valence-corrected chi connectivity index (χ1v) is 8.28. The summed E-state index contributed by atoms with van der Waals surface area (Å²) in [6.45, 7) is 1.91. The van der Waals surface area contributed by atoms with Crippen molar-refractivity contribution in [2.24, 2.45) is 0 Å². The molecule has 2 aromatic heterocycles. The van der Waals surface area contributed by atoms with Gasteiger partial charge in [-0.15, -0.1) is 0 Å². The minimum atomic E-state index is -0.738. The summed E-state index contributed by atoms with van der Waals surface area (Å²) in [6, 6.07) is 11.9. The predicted octanol–water partition coefficient (Wildman–Crippen LogP) is 3.40. The predicted molar refractivity (Wildman–Crippen MR) is 99.4 cm³/mol. The Bertz CT molecular complexity index is 1070. The maximum atomic E-state index is 12.5. The number of benzene rings is 1. The van der Waals surface area contributed by atoms with Crippen LogP contribution in [0.3, 0.4) is 0 Å². The van der Waals surface area contributed by atoms with Crippen LogP contribution in [0.15, 0.2) is 48.7 Å². The highest BCUT2D eigenvalue weighted by atomic mass is 16.5. The smallest absolute Gasteiger partial charge is 0.360 e. The van der Waals surface area contributed by atoms with Crippen LogP contribution in [0.5, 0.6) is 5.75 Å². The van der Waals surface area contributed by atoms with Gasteiger partial charge in [-0.1, -0.05) is 31.0 Å². The average molecular weight is 360 g/mol. The van der Waals surface area contributed by atoms with Crippen LogP contribution in [0.4, 0.5) is 0 Å². The fourth-order valence-electron chi connectivity index (χ4n) is 2.44. The summed E-state index contributed by atoms with van der Waals surface area (Å²) in [6.07, 6.45) is 2.17. The second-order valence-corrected chi connectivity index (χ2v) is 5.44. The van der Waals surface area contributed by atoms with E-state index in [1.54, 1.807) is 48.7 Å². The Morgan fingerprint density at radius 3 is 2.56 bits per heavy atom. The normalized spacial score (nSPS) is 10.0. The zero-order chi connectivity index (χ0) is 19.2. The number of rotatable bonds is 3. The molecule has 0 saturated heterocycles. The Balaban J connectivity index is 2.20. The van der Waals surface area contributed by atoms with E-state index in [9.17, 15) is 9.59 Å². The van der Waals surface area contributed by atoms with Crippen LogP contribution < -0.4 is 4.74 Å². The standard InChI is InChI=1S/C21H16N2O4/c1-3-4-12-16-15-11-8-13-22-17(15)19(18(23-16)21(25)26-2)27-20(24)14-9-6-5-7-10-14/h5-11,13H,3H2,1-2H3. The van der Waals surface area contributed by atoms with Gasteiger partial charge in [0, 0.05) is 18.0 Å². The molecule has 0 aliphatic carbocycles. The van der Waals surface area contributed by atoms with E-state index < -0.39 is 11.9 Å². The molecule has 0 aliphatic rings. The Labute approximate surface area is 156 Å². The molecule has 0 atom stereocenters. The van der Waals surface area contributed by atoms with Gasteiger partial charge in [0.2, 0.25) is 0 Å². The molecule has 1 aromatic carbocycles. The first-order chi connectivity index (χ1) is 13.2. The van der Waals surface area contributed by atoms with E-state index >= 15 is 0 Å². The molecular weight excluding hydrogens is 344 g/mol. The number of esters is 2. The van der Waals surface area contributed by atoms with Gasteiger partial charge >= 0.3 is 11.9 Å². The molecular formula is C21H16N2O4. The molecule has 6 nitrogen and oxygen atoms in total. The van der Waals surface area contributed by atoms with Gasteiger partial charge in [-0.3, -0.25) is 4.98 Å². The highest BCUT2D eigenvalue weighted by Gasteiger charge is 2.24. The SMILES string of the molecule is CCC#Cc1nc(C(=O)OC)c(OC(=O)c2ccccc2)c2ncccc12. The van der Waals surface area contributed by atoms with E-state index in [4.69, 9.17) is 9.47 Å². The lowest BCUT2D eigenvalue weighted by Crippen LogP contribution is -2.15. The van der Waals surface area contributed by atoms with Crippen LogP contribution in [0, 0.1) is 11.8 Å². The molecule has 0 radical (unpaired) electrons. The number of fused-ring (bicyclic) bond motifs is 1. The summed E-state index contributed by atoms with van der Waals surface area (Å²) in [5.41, 5.74) is 0.887. The molecule has 0 aliphatic heterocycles. The number of nitrogens with zero attached hydrogens (tertiary/aromatic N) is 2. The van der Waals surface area contributed by atoms with Gasteiger partial charge in [-0.2, -0.15) is 0 Å². The summed E-state index contributed by atoms with van der Waals surface area (Å²) >= 11 is 0. The number of aromatic nitrogens is 2. The van der Waals surface area contributed by atoms with E-state index in [1.165, 1.54) is 7.11 Å². The molecule has 2 heterocycles. The van der Waals surface area contributed by atoms with Gasteiger partial charge < -0.3 is 9.47 Å². The lowest BCUT2D eigenvalue weighted by molar-refractivity contribution is 0.0586. The van der Waals surface area contributed by atoms with Crippen molar-refractivity contribution in [1.82, 2.24) is 9.97 Å². The van der Waals surface area contributed by atoms with E-state index in [0.717, 1.165) is 0 Å². The van der Waals surface area contributed by atoms with Gasteiger partial charge in [-0.05, 0) is 30.2 Å². The number of carbonyl (C=O) groups excluding carboxylic acids is 2. The summed E-state index contributed by atoms with van der Waals surface area (Å²) < 4.78 is 10.3. The molecule has 0 bridgehead atoms. The number of carbonyl (C=O) groups is 2. The summed E-state index contributed by atoms with van der Waals surface area (Å²) in [7, 11) is 1.23. The second kappa shape index (κ2) is 8.11. The highest BCUT2D eigenvalue weighted by molar-refractivity contribution is 6.02. The van der Waals surface area contributed by atoms with Crippen molar-refractivity contribution in [1.29, 1.82) is 0 Å². The minimum absolute atomic E-state index is 0.0478. The van der Waals surface area contributed by atoms with Crippen LogP contribution in [-0.2, 0) is 4.74 Å². The molecule has 27 heavy (non-hydrogen) atoms. The summed E-state index contributed by atoms with van der Waals surface area (Å²) in [5.74, 6) is 4.44. The van der Waals surface area contributed by atoms with Gasteiger partial charge in [-0.25, -0.2) is 14.6 Å². The summed E-state index contributed by atoms with van der Waals surface area (Å²) in [4.78, 5) is 33.4. The van der Waals surface area contributed by atoms with Crippen molar-refractivity contribution in [2.75, 3.05) is 7.11 Å². The largest absolute Gasteiger partial charge is 0.464 e. The lowest BCUT2D eigenvalue weighted by atomic mass is 10.1. The Morgan fingerprint density at radius 2 is 1.85 bits per heavy atom. The maximum absolute atomic E-state index is 12.5. The number of methoxy groups -OCH3 is 1. The minimum Gasteiger partial charge on any atom is -0.464 e. The van der Waals surface area contributed by atoms with Gasteiger partial charge in [0.1, 0.15) is 11.2 Å². The van der Waals surface area contributed by atoms with Gasteiger partial charge in [0.05, 0.1) is 12.7 Å². The molecule has 0 N–H and O–H groups in total. The van der Waals surface area contributed by atoms with Crippen LogP contribution in [-0.4, -0.2) is 29.0 Å². The monoisotopic (exact) mass is 360 g/mol. The highest BCUT2D eigenvalue weighted by Crippen LogP contribution is 2.30. The molecule has 0 amide bonds. The Hall–Kier alpha value is -3.72. The fourth-order valence-corrected chi connectivity index (χ4v) is 2.44. The van der Waals surface area contributed by atoms with Gasteiger partial charge in [0.15, 0.2) is 11.4 Å². The fraction of sp³-hybridized carbons (Fsp3) is 0.143. The molecule has 6 heteroatoms. The van der Waals surface area contributed by atoms with Crippen molar-refractivity contribution in [2.45, 2.75) is 13.3 Å². The van der Waals surface area contributed by atoms with Crippen LogP contribution >= 0.6 is 0 Å². The first kappa shape index (κ1) is 18.1. The van der Waals surface area contributed by atoms with Crippen molar-refractivity contribution in [3.8, 4) is 17.6 Å². The number of hydrogen-bond donors (Lipinski definition) is 0. The van der Waals surface area contributed by atoms with E-state index in [0.29, 0.717) is 28.6 Å². The Morgan fingerprint density at radius 1 is 1.07 bits per heavy atom. The van der Waals surface area contributed by atoms with E-state index in [1.807, 2.05) is 6.92 Å². The second-order valence-electron chi connectivity index (χ2n) is 5.44.